The van der Waals surface area contributed by atoms with Gasteiger partial charge >= 0.3 is 0 Å². The lowest BCUT2D eigenvalue weighted by molar-refractivity contribution is 0.372. The molecule has 0 aliphatic carbocycles. The summed E-state index contributed by atoms with van der Waals surface area (Å²) >= 11 is 6.05. The Morgan fingerprint density at radius 1 is 1.33 bits per heavy atom. The minimum absolute atomic E-state index is 0.169. The molecule has 1 heteroatoms. The summed E-state index contributed by atoms with van der Waals surface area (Å²) in [5, 5.41) is 0.772. The van der Waals surface area contributed by atoms with E-state index in [1.165, 1.54) is 5.56 Å². The van der Waals surface area contributed by atoms with E-state index < -0.39 is 0 Å². The molecule has 0 unspecified atom stereocenters. The van der Waals surface area contributed by atoms with Crippen LogP contribution in [0, 0.1) is 5.92 Å². The largest absolute Gasteiger partial charge is 0.0984 e. The Morgan fingerprint density at radius 2 is 1.93 bits per heavy atom. The Hall–Kier alpha value is -0.750. The van der Waals surface area contributed by atoms with Crippen molar-refractivity contribution in [2.75, 3.05) is 0 Å². The summed E-state index contributed by atoms with van der Waals surface area (Å²) in [6.07, 6.45) is 1.81. The van der Waals surface area contributed by atoms with Gasteiger partial charge < -0.3 is 0 Å². The minimum atomic E-state index is 0.169. The molecular weight excluding hydrogens is 204 g/mol. The average Bonchev–Trinajstić information content (AvgIpc) is 2.18. The third-order valence-corrected chi connectivity index (χ3v) is 3.75. The standard InChI is InChI=1S/C14H19Cl/c1-6-11-9-12(7-8-13(11)15)14(4,5)10(2)3/h6-10H,1H2,2-5H3. The topological polar surface area (TPSA) is 0 Å². The van der Waals surface area contributed by atoms with Crippen molar-refractivity contribution < 1.29 is 0 Å². The van der Waals surface area contributed by atoms with Gasteiger partial charge in [-0.2, -0.15) is 0 Å². The maximum absolute atomic E-state index is 6.05. The van der Waals surface area contributed by atoms with Crippen LogP contribution >= 0.6 is 11.6 Å². The third-order valence-electron chi connectivity index (χ3n) is 3.40. The predicted molar refractivity (Wildman–Crippen MR) is 69.4 cm³/mol. The van der Waals surface area contributed by atoms with Crippen molar-refractivity contribution in [1.29, 1.82) is 0 Å². The van der Waals surface area contributed by atoms with Crippen LogP contribution in [0.25, 0.3) is 6.08 Å². The van der Waals surface area contributed by atoms with Crippen molar-refractivity contribution in [3.05, 3.63) is 40.9 Å². The molecule has 0 saturated carbocycles. The molecule has 1 aromatic carbocycles. The second-order valence-electron chi connectivity index (χ2n) is 4.82. The van der Waals surface area contributed by atoms with Crippen LogP contribution in [0.5, 0.6) is 0 Å². The lowest BCUT2D eigenvalue weighted by Crippen LogP contribution is -2.24. The van der Waals surface area contributed by atoms with Gasteiger partial charge in [0.05, 0.1) is 0 Å². The summed E-state index contributed by atoms with van der Waals surface area (Å²) in [6, 6.07) is 6.20. The fourth-order valence-electron chi connectivity index (χ4n) is 1.43. The second-order valence-corrected chi connectivity index (χ2v) is 5.22. The van der Waals surface area contributed by atoms with E-state index in [9.17, 15) is 0 Å². The highest BCUT2D eigenvalue weighted by atomic mass is 35.5. The lowest BCUT2D eigenvalue weighted by atomic mass is 9.75. The average molecular weight is 223 g/mol. The Labute approximate surface area is 98.0 Å². The normalized spacial score (nSPS) is 11.9. The first-order chi connectivity index (χ1) is 6.89. The van der Waals surface area contributed by atoms with E-state index in [4.69, 9.17) is 11.6 Å². The van der Waals surface area contributed by atoms with E-state index >= 15 is 0 Å². The Kier molecular flexibility index (Phi) is 3.62. The van der Waals surface area contributed by atoms with Crippen molar-refractivity contribution in [1.82, 2.24) is 0 Å². The quantitative estimate of drug-likeness (QED) is 0.681. The first-order valence-corrected chi connectivity index (χ1v) is 5.70. The number of benzene rings is 1. The maximum atomic E-state index is 6.05. The third kappa shape index (κ3) is 2.43. The SMILES string of the molecule is C=Cc1cc(C(C)(C)C(C)C)ccc1Cl. The summed E-state index contributed by atoms with van der Waals surface area (Å²) in [5.74, 6) is 0.594. The van der Waals surface area contributed by atoms with Gasteiger partial charge in [-0.15, -0.1) is 0 Å². The summed E-state index contributed by atoms with van der Waals surface area (Å²) in [7, 11) is 0. The van der Waals surface area contributed by atoms with Gasteiger partial charge in [0.1, 0.15) is 0 Å². The highest BCUT2D eigenvalue weighted by molar-refractivity contribution is 6.32. The Morgan fingerprint density at radius 3 is 2.40 bits per heavy atom. The summed E-state index contributed by atoms with van der Waals surface area (Å²) in [5.41, 5.74) is 2.50. The smallest absolute Gasteiger partial charge is 0.0478 e. The van der Waals surface area contributed by atoms with Gasteiger partial charge in [-0.3, -0.25) is 0 Å². The molecule has 0 radical (unpaired) electrons. The summed E-state index contributed by atoms with van der Waals surface area (Å²) < 4.78 is 0. The molecule has 0 fully saturated rings. The molecular formula is C14H19Cl. The van der Waals surface area contributed by atoms with E-state index in [2.05, 4.69) is 46.4 Å². The molecule has 82 valence electrons. The fourth-order valence-corrected chi connectivity index (χ4v) is 1.63. The van der Waals surface area contributed by atoms with Gasteiger partial charge in [0.2, 0.25) is 0 Å². The molecule has 0 heterocycles. The van der Waals surface area contributed by atoms with Gasteiger partial charge in [-0.25, -0.2) is 0 Å². The Bertz CT molecular complexity index is 362. The first-order valence-electron chi connectivity index (χ1n) is 5.32. The minimum Gasteiger partial charge on any atom is -0.0984 e. The van der Waals surface area contributed by atoms with Crippen LogP contribution < -0.4 is 0 Å². The van der Waals surface area contributed by atoms with E-state index in [1.54, 1.807) is 0 Å². The van der Waals surface area contributed by atoms with Crippen molar-refractivity contribution in [2.45, 2.75) is 33.1 Å². The van der Waals surface area contributed by atoms with Crippen LogP contribution in [0.15, 0.2) is 24.8 Å². The van der Waals surface area contributed by atoms with Crippen molar-refractivity contribution in [3.8, 4) is 0 Å². The first kappa shape index (κ1) is 12.3. The Balaban J connectivity index is 3.22. The van der Waals surface area contributed by atoms with Gasteiger partial charge in [0, 0.05) is 5.02 Å². The van der Waals surface area contributed by atoms with Crippen LogP contribution in [-0.2, 0) is 5.41 Å². The molecule has 0 bridgehead atoms. The molecule has 0 aromatic heterocycles. The van der Waals surface area contributed by atoms with E-state index in [0.717, 1.165) is 10.6 Å². The highest BCUT2D eigenvalue weighted by Crippen LogP contribution is 2.33. The van der Waals surface area contributed by atoms with E-state index in [-0.39, 0.29) is 5.41 Å². The molecule has 15 heavy (non-hydrogen) atoms. The summed E-state index contributed by atoms with van der Waals surface area (Å²) in [4.78, 5) is 0. The van der Waals surface area contributed by atoms with E-state index in [0.29, 0.717) is 5.92 Å². The van der Waals surface area contributed by atoms with Gasteiger partial charge in [0.25, 0.3) is 0 Å². The van der Waals surface area contributed by atoms with Crippen LogP contribution in [0.4, 0.5) is 0 Å². The lowest BCUT2D eigenvalue weighted by Gasteiger charge is -2.30. The van der Waals surface area contributed by atoms with Gasteiger partial charge in [0.15, 0.2) is 0 Å². The summed E-state index contributed by atoms with van der Waals surface area (Å²) in [6.45, 7) is 12.8. The number of rotatable bonds is 3. The molecule has 1 rings (SSSR count). The zero-order chi connectivity index (χ0) is 11.6. The molecule has 0 saturated heterocycles. The van der Waals surface area contributed by atoms with Crippen LogP contribution in [0.2, 0.25) is 5.02 Å². The molecule has 0 atom stereocenters. The number of hydrogen-bond donors (Lipinski definition) is 0. The zero-order valence-corrected chi connectivity index (χ0v) is 10.7. The molecule has 0 N–H and O–H groups in total. The monoisotopic (exact) mass is 222 g/mol. The van der Waals surface area contributed by atoms with Crippen molar-refractivity contribution in [2.24, 2.45) is 5.92 Å². The van der Waals surface area contributed by atoms with Crippen molar-refractivity contribution >= 4 is 17.7 Å². The highest BCUT2D eigenvalue weighted by Gasteiger charge is 2.24. The number of halogens is 1. The second kappa shape index (κ2) is 4.40. The molecule has 0 aliphatic heterocycles. The van der Waals surface area contributed by atoms with Gasteiger partial charge in [-0.05, 0) is 34.6 Å². The van der Waals surface area contributed by atoms with Crippen LogP contribution in [0.3, 0.4) is 0 Å². The number of hydrogen-bond acceptors (Lipinski definition) is 0. The predicted octanol–water partition coefficient (Wildman–Crippen LogP) is 4.92. The molecule has 1 aromatic rings. The molecule has 0 aliphatic rings. The fraction of sp³-hybridized carbons (Fsp3) is 0.429. The molecule has 0 spiro atoms. The van der Waals surface area contributed by atoms with Crippen LogP contribution in [-0.4, -0.2) is 0 Å². The van der Waals surface area contributed by atoms with Crippen LogP contribution in [0.1, 0.15) is 38.8 Å². The maximum Gasteiger partial charge on any atom is 0.0478 e. The van der Waals surface area contributed by atoms with E-state index in [1.807, 2.05) is 12.1 Å². The molecule has 0 amide bonds. The van der Waals surface area contributed by atoms with Crippen molar-refractivity contribution in [3.63, 3.8) is 0 Å². The van der Waals surface area contributed by atoms with Gasteiger partial charge in [-0.1, -0.05) is 58.0 Å². The molecule has 0 nitrogen and oxygen atoms in total. The zero-order valence-electron chi connectivity index (χ0n) is 9.97.